The van der Waals surface area contributed by atoms with Crippen LogP contribution in [0.1, 0.15) is 25.3 Å². The largest absolute Gasteiger partial charge is 0.325 e. The minimum atomic E-state index is -0.909. The molecule has 3 rings (SSSR count). The van der Waals surface area contributed by atoms with E-state index in [1.54, 1.807) is 26.0 Å². The minimum absolute atomic E-state index is 0.137. The first-order chi connectivity index (χ1) is 10.8. The first kappa shape index (κ1) is 15.5. The van der Waals surface area contributed by atoms with Crippen LogP contribution in [0.2, 0.25) is 0 Å². The third-order valence-corrected chi connectivity index (χ3v) is 4.45. The number of nitrogens with zero attached hydrogens (tertiary/aromatic N) is 1. The van der Waals surface area contributed by atoms with Gasteiger partial charge in [0.25, 0.3) is 5.91 Å². The smallest absolute Gasteiger partial charge is 0.324 e. The zero-order chi connectivity index (χ0) is 16.8. The van der Waals surface area contributed by atoms with E-state index >= 15 is 0 Å². The number of anilines is 1. The van der Waals surface area contributed by atoms with Gasteiger partial charge in [0.2, 0.25) is 5.91 Å². The molecule has 1 atom stereocenters. The monoisotopic (exact) mass is 319 g/mol. The van der Waals surface area contributed by atoms with Gasteiger partial charge in [0.05, 0.1) is 0 Å². The summed E-state index contributed by atoms with van der Waals surface area (Å²) in [5.74, 6) is -1.22. The SMILES string of the molecule is Cc1ccc(NC(=O)CN2C(=O)N[C@@](C)(C3CC3)C2=O)cc1F. The average molecular weight is 319 g/mol. The van der Waals surface area contributed by atoms with Crippen LogP contribution >= 0.6 is 0 Å². The van der Waals surface area contributed by atoms with Gasteiger partial charge >= 0.3 is 6.03 Å². The maximum absolute atomic E-state index is 13.5. The molecule has 23 heavy (non-hydrogen) atoms. The molecule has 6 nitrogen and oxygen atoms in total. The minimum Gasteiger partial charge on any atom is -0.324 e. The lowest BCUT2D eigenvalue weighted by Crippen LogP contribution is -2.46. The van der Waals surface area contributed by atoms with Gasteiger partial charge in [-0.05, 0) is 50.3 Å². The third-order valence-electron chi connectivity index (χ3n) is 4.45. The van der Waals surface area contributed by atoms with E-state index in [2.05, 4.69) is 10.6 Å². The van der Waals surface area contributed by atoms with Gasteiger partial charge in [0, 0.05) is 5.69 Å². The van der Waals surface area contributed by atoms with Crippen molar-refractivity contribution in [2.24, 2.45) is 5.92 Å². The van der Waals surface area contributed by atoms with Gasteiger partial charge in [-0.25, -0.2) is 9.18 Å². The number of imide groups is 1. The molecular formula is C16H18FN3O3. The van der Waals surface area contributed by atoms with Crippen molar-refractivity contribution in [1.29, 1.82) is 0 Å². The summed E-state index contributed by atoms with van der Waals surface area (Å²) in [6.07, 6.45) is 1.79. The van der Waals surface area contributed by atoms with E-state index in [0.29, 0.717) is 5.56 Å². The number of amides is 4. The molecule has 1 saturated heterocycles. The number of nitrogens with one attached hydrogen (secondary N) is 2. The predicted molar refractivity (Wildman–Crippen MR) is 81.1 cm³/mol. The Bertz CT molecular complexity index is 702. The van der Waals surface area contributed by atoms with Gasteiger partial charge in [0.1, 0.15) is 17.9 Å². The van der Waals surface area contributed by atoms with E-state index in [-0.39, 0.29) is 24.1 Å². The van der Waals surface area contributed by atoms with Gasteiger partial charge in [-0.2, -0.15) is 0 Å². The molecule has 0 aromatic heterocycles. The maximum Gasteiger partial charge on any atom is 0.325 e. The van der Waals surface area contributed by atoms with Crippen molar-refractivity contribution in [3.8, 4) is 0 Å². The third kappa shape index (κ3) is 2.78. The number of hydrogen-bond donors (Lipinski definition) is 2. The van der Waals surface area contributed by atoms with Crippen LogP contribution in [0, 0.1) is 18.7 Å². The molecule has 1 heterocycles. The van der Waals surface area contributed by atoms with Crippen LogP contribution in [0.3, 0.4) is 0 Å². The fourth-order valence-electron chi connectivity index (χ4n) is 2.81. The summed E-state index contributed by atoms with van der Waals surface area (Å²) < 4.78 is 13.5. The number of carbonyl (C=O) groups excluding carboxylic acids is 3. The van der Waals surface area contributed by atoms with E-state index in [9.17, 15) is 18.8 Å². The molecule has 1 aromatic rings. The van der Waals surface area contributed by atoms with Crippen LogP contribution in [-0.2, 0) is 9.59 Å². The molecule has 2 fully saturated rings. The summed E-state index contributed by atoms with van der Waals surface area (Å²) in [6.45, 7) is 2.92. The Morgan fingerprint density at radius 3 is 2.74 bits per heavy atom. The van der Waals surface area contributed by atoms with Crippen LogP contribution in [0.25, 0.3) is 0 Å². The van der Waals surface area contributed by atoms with Crippen molar-refractivity contribution < 1.29 is 18.8 Å². The van der Waals surface area contributed by atoms with Crippen molar-refractivity contribution >= 4 is 23.5 Å². The van der Waals surface area contributed by atoms with E-state index < -0.39 is 23.3 Å². The lowest BCUT2D eigenvalue weighted by atomic mass is 9.96. The van der Waals surface area contributed by atoms with E-state index in [1.807, 2.05) is 0 Å². The molecule has 122 valence electrons. The van der Waals surface area contributed by atoms with Gasteiger partial charge in [-0.3, -0.25) is 14.5 Å². The van der Waals surface area contributed by atoms with E-state index in [0.717, 1.165) is 17.7 Å². The van der Waals surface area contributed by atoms with Crippen molar-refractivity contribution in [1.82, 2.24) is 10.2 Å². The number of benzene rings is 1. The van der Waals surface area contributed by atoms with E-state index in [1.165, 1.54) is 6.07 Å². The molecule has 1 aromatic carbocycles. The fourth-order valence-corrected chi connectivity index (χ4v) is 2.81. The highest BCUT2D eigenvalue weighted by Gasteiger charge is 2.56. The quantitative estimate of drug-likeness (QED) is 0.831. The van der Waals surface area contributed by atoms with E-state index in [4.69, 9.17) is 0 Å². The number of urea groups is 1. The lowest BCUT2D eigenvalue weighted by Gasteiger charge is -2.20. The molecule has 2 aliphatic rings. The summed E-state index contributed by atoms with van der Waals surface area (Å²) >= 11 is 0. The van der Waals surface area contributed by atoms with Crippen LogP contribution in [0.15, 0.2) is 18.2 Å². The number of halogens is 1. The molecule has 2 N–H and O–H groups in total. The molecule has 4 amide bonds. The normalized spacial score (nSPS) is 23.9. The second-order valence-electron chi connectivity index (χ2n) is 6.31. The standard InChI is InChI=1S/C16H18FN3O3/c1-9-3-6-11(7-12(9)17)18-13(21)8-20-14(22)16(2,10-4-5-10)19-15(20)23/h3,6-7,10H,4-5,8H2,1-2H3,(H,18,21)(H,19,23)/t16-/m0/s1. The second-order valence-corrected chi connectivity index (χ2v) is 6.31. The molecule has 7 heteroatoms. The van der Waals surface area contributed by atoms with Crippen molar-refractivity contribution in [2.45, 2.75) is 32.2 Å². The highest BCUT2D eigenvalue weighted by Crippen LogP contribution is 2.42. The maximum atomic E-state index is 13.5. The Balaban J connectivity index is 1.66. The Morgan fingerprint density at radius 2 is 2.13 bits per heavy atom. The molecule has 0 radical (unpaired) electrons. The van der Waals surface area contributed by atoms with Crippen molar-refractivity contribution in [3.05, 3.63) is 29.6 Å². The lowest BCUT2D eigenvalue weighted by molar-refractivity contribution is -0.134. The number of hydrogen-bond acceptors (Lipinski definition) is 3. The number of aryl methyl sites for hydroxylation is 1. The average Bonchev–Trinajstić information content (AvgIpc) is 3.29. The molecule has 0 bridgehead atoms. The Kier molecular flexibility index (Phi) is 3.58. The second kappa shape index (κ2) is 5.33. The first-order valence-electron chi connectivity index (χ1n) is 7.51. The molecule has 1 aliphatic carbocycles. The molecule has 0 unspecified atom stereocenters. The molecule has 1 aliphatic heterocycles. The van der Waals surface area contributed by atoms with Gasteiger partial charge in [0.15, 0.2) is 0 Å². The highest BCUT2D eigenvalue weighted by molar-refractivity contribution is 6.10. The zero-order valence-electron chi connectivity index (χ0n) is 13.0. The summed E-state index contributed by atoms with van der Waals surface area (Å²) in [7, 11) is 0. The highest BCUT2D eigenvalue weighted by atomic mass is 19.1. The van der Waals surface area contributed by atoms with Crippen LogP contribution in [0.4, 0.5) is 14.9 Å². The predicted octanol–water partition coefficient (Wildman–Crippen LogP) is 1.79. The Morgan fingerprint density at radius 1 is 1.43 bits per heavy atom. The topological polar surface area (TPSA) is 78.5 Å². The molecule has 1 saturated carbocycles. The van der Waals surface area contributed by atoms with Crippen LogP contribution in [-0.4, -0.2) is 34.8 Å². The number of carbonyl (C=O) groups is 3. The van der Waals surface area contributed by atoms with Crippen LogP contribution in [0.5, 0.6) is 0 Å². The van der Waals surface area contributed by atoms with Crippen molar-refractivity contribution in [3.63, 3.8) is 0 Å². The summed E-state index contributed by atoms with van der Waals surface area (Å²) in [6, 6.07) is 3.75. The fraction of sp³-hybridized carbons (Fsp3) is 0.438. The molecular weight excluding hydrogens is 301 g/mol. The first-order valence-corrected chi connectivity index (χ1v) is 7.51. The Hall–Kier alpha value is -2.44. The number of rotatable bonds is 4. The zero-order valence-corrected chi connectivity index (χ0v) is 13.0. The Labute approximate surface area is 133 Å². The summed E-state index contributed by atoms with van der Waals surface area (Å²) in [4.78, 5) is 37.3. The van der Waals surface area contributed by atoms with Gasteiger partial charge < -0.3 is 10.6 Å². The summed E-state index contributed by atoms with van der Waals surface area (Å²) in [5.41, 5.74) is -0.153. The molecule has 0 spiro atoms. The van der Waals surface area contributed by atoms with Gasteiger partial charge in [-0.15, -0.1) is 0 Å². The van der Waals surface area contributed by atoms with Crippen LogP contribution < -0.4 is 10.6 Å². The van der Waals surface area contributed by atoms with Crippen molar-refractivity contribution in [2.75, 3.05) is 11.9 Å². The van der Waals surface area contributed by atoms with Gasteiger partial charge in [-0.1, -0.05) is 6.07 Å². The summed E-state index contributed by atoms with van der Waals surface area (Å²) in [5, 5.41) is 5.17.